The summed E-state index contributed by atoms with van der Waals surface area (Å²) in [4.78, 5) is 11.3. The average molecular weight is 317 g/mol. The van der Waals surface area contributed by atoms with Crippen LogP contribution >= 0.6 is 0 Å². The highest BCUT2D eigenvalue weighted by Gasteiger charge is 2.53. The Morgan fingerprint density at radius 2 is 2.19 bits per heavy atom. The Kier molecular flexibility index (Phi) is 4.31. The molecule has 0 aliphatic heterocycles. The van der Waals surface area contributed by atoms with Gasteiger partial charge in [0.05, 0.1) is 11.9 Å². The Hall–Kier alpha value is -1.51. The zero-order chi connectivity index (χ0) is 15.7. The number of carbonyl (C=O) groups is 1. The van der Waals surface area contributed by atoms with Crippen molar-refractivity contribution in [1.82, 2.24) is 4.72 Å². The summed E-state index contributed by atoms with van der Waals surface area (Å²) in [7, 11) is -2.46. The SMILES string of the molecule is COC1CC(NS(=O)(=O)Cc2cccc(F)c2)(C(=O)O)C1. The number of hydrogen-bond acceptors (Lipinski definition) is 4. The molecule has 1 aromatic rings. The molecule has 0 aromatic heterocycles. The number of carboxylic acid groups (broad SMARTS) is 1. The molecule has 0 saturated heterocycles. The van der Waals surface area contributed by atoms with Crippen LogP contribution in [-0.4, -0.2) is 38.2 Å². The van der Waals surface area contributed by atoms with Crippen molar-refractivity contribution in [2.24, 2.45) is 0 Å². The molecule has 21 heavy (non-hydrogen) atoms. The summed E-state index contributed by atoms with van der Waals surface area (Å²) >= 11 is 0. The van der Waals surface area contributed by atoms with E-state index in [2.05, 4.69) is 4.72 Å². The van der Waals surface area contributed by atoms with E-state index in [0.717, 1.165) is 6.07 Å². The molecule has 1 saturated carbocycles. The summed E-state index contributed by atoms with van der Waals surface area (Å²) in [6.45, 7) is 0. The molecule has 0 bridgehead atoms. The third-order valence-electron chi connectivity index (χ3n) is 3.49. The summed E-state index contributed by atoms with van der Waals surface area (Å²) in [5, 5.41) is 9.23. The van der Waals surface area contributed by atoms with Gasteiger partial charge in [0.15, 0.2) is 0 Å². The van der Waals surface area contributed by atoms with Gasteiger partial charge < -0.3 is 9.84 Å². The van der Waals surface area contributed by atoms with Crippen LogP contribution in [0.15, 0.2) is 24.3 Å². The van der Waals surface area contributed by atoms with Crippen molar-refractivity contribution in [2.45, 2.75) is 30.2 Å². The van der Waals surface area contributed by atoms with Crippen LogP contribution in [0.3, 0.4) is 0 Å². The Morgan fingerprint density at radius 1 is 1.52 bits per heavy atom. The zero-order valence-corrected chi connectivity index (χ0v) is 12.2. The molecule has 0 unspecified atom stereocenters. The highest BCUT2D eigenvalue weighted by Crippen LogP contribution is 2.35. The fourth-order valence-corrected chi connectivity index (χ4v) is 3.91. The molecule has 0 spiro atoms. The zero-order valence-electron chi connectivity index (χ0n) is 11.4. The minimum absolute atomic E-state index is 0.0706. The lowest BCUT2D eigenvalue weighted by atomic mass is 9.75. The first-order valence-electron chi connectivity index (χ1n) is 6.29. The van der Waals surface area contributed by atoms with Crippen molar-refractivity contribution in [1.29, 1.82) is 0 Å². The second-order valence-corrected chi connectivity index (χ2v) is 6.87. The van der Waals surface area contributed by atoms with Gasteiger partial charge in [-0.15, -0.1) is 0 Å². The number of rotatable bonds is 6. The molecule has 8 heteroatoms. The third kappa shape index (κ3) is 3.58. The summed E-state index contributed by atoms with van der Waals surface area (Å²) in [5.41, 5.74) is -1.28. The molecule has 2 rings (SSSR count). The van der Waals surface area contributed by atoms with Gasteiger partial charge in [-0.3, -0.25) is 4.79 Å². The normalized spacial score (nSPS) is 25.3. The molecule has 0 heterocycles. The molecule has 0 radical (unpaired) electrons. The van der Waals surface area contributed by atoms with Crippen LogP contribution in [0.1, 0.15) is 18.4 Å². The van der Waals surface area contributed by atoms with Crippen molar-refractivity contribution in [3.63, 3.8) is 0 Å². The number of carboxylic acids is 1. The van der Waals surface area contributed by atoms with Gasteiger partial charge in [-0.2, -0.15) is 4.72 Å². The topological polar surface area (TPSA) is 92.7 Å². The first-order chi connectivity index (χ1) is 9.76. The van der Waals surface area contributed by atoms with Crippen LogP contribution in [0.2, 0.25) is 0 Å². The van der Waals surface area contributed by atoms with Gasteiger partial charge >= 0.3 is 5.97 Å². The fraction of sp³-hybridized carbons (Fsp3) is 0.462. The van der Waals surface area contributed by atoms with E-state index in [4.69, 9.17) is 4.74 Å². The summed E-state index contributed by atoms with van der Waals surface area (Å²) in [6, 6.07) is 5.18. The number of ether oxygens (including phenoxy) is 1. The second kappa shape index (κ2) is 5.70. The molecular weight excluding hydrogens is 301 g/mol. The standard InChI is InChI=1S/C13H16FNO5S/c1-20-11-6-13(7-11,12(16)17)15-21(18,19)8-9-3-2-4-10(14)5-9/h2-5,11,15H,6-8H2,1H3,(H,16,17). The minimum atomic E-state index is -3.90. The van der Waals surface area contributed by atoms with Gasteiger partial charge in [0.2, 0.25) is 10.0 Å². The van der Waals surface area contributed by atoms with E-state index < -0.39 is 33.1 Å². The van der Waals surface area contributed by atoms with E-state index in [0.29, 0.717) is 0 Å². The van der Waals surface area contributed by atoms with Crippen LogP contribution in [0, 0.1) is 5.82 Å². The predicted molar refractivity (Wildman–Crippen MR) is 72.6 cm³/mol. The van der Waals surface area contributed by atoms with Gasteiger partial charge in [0.25, 0.3) is 0 Å². The van der Waals surface area contributed by atoms with Gasteiger partial charge in [-0.05, 0) is 17.7 Å². The number of sulfonamides is 1. The largest absolute Gasteiger partial charge is 0.480 e. The van der Waals surface area contributed by atoms with Crippen LogP contribution in [0.5, 0.6) is 0 Å². The highest BCUT2D eigenvalue weighted by atomic mass is 32.2. The first kappa shape index (κ1) is 15.9. The smallest absolute Gasteiger partial charge is 0.325 e. The molecule has 116 valence electrons. The van der Waals surface area contributed by atoms with Gasteiger partial charge in [-0.25, -0.2) is 12.8 Å². The molecule has 1 aromatic carbocycles. The molecule has 6 nitrogen and oxygen atoms in total. The Bertz CT molecular complexity index is 640. The van der Waals surface area contributed by atoms with Crippen LogP contribution in [-0.2, 0) is 25.3 Å². The van der Waals surface area contributed by atoms with Crippen LogP contribution in [0.25, 0.3) is 0 Å². The Balaban J connectivity index is 2.11. The lowest BCUT2D eigenvalue weighted by molar-refractivity contribution is -0.154. The van der Waals surface area contributed by atoms with Crippen molar-refractivity contribution >= 4 is 16.0 Å². The first-order valence-corrected chi connectivity index (χ1v) is 7.94. The number of hydrogen-bond donors (Lipinski definition) is 2. The summed E-state index contributed by atoms with van der Waals surface area (Å²) < 4.78 is 44.4. The minimum Gasteiger partial charge on any atom is -0.480 e. The molecule has 0 amide bonds. The van der Waals surface area contributed by atoms with Crippen LogP contribution < -0.4 is 4.72 Å². The second-order valence-electron chi connectivity index (χ2n) is 5.14. The number of halogens is 1. The molecule has 1 aliphatic rings. The average Bonchev–Trinajstić information content (AvgIpc) is 2.32. The van der Waals surface area contributed by atoms with Crippen molar-refractivity contribution in [2.75, 3.05) is 7.11 Å². The predicted octanol–water partition coefficient (Wildman–Crippen LogP) is 0.877. The maximum absolute atomic E-state index is 13.1. The lowest BCUT2D eigenvalue weighted by Crippen LogP contribution is -2.64. The Labute approximate surface area is 122 Å². The quantitative estimate of drug-likeness (QED) is 0.812. The van der Waals surface area contributed by atoms with E-state index in [9.17, 15) is 22.7 Å². The lowest BCUT2D eigenvalue weighted by Gasteiger charge is -2.43. The van der Waals surface area contributed by atoms with Gasteiger partial charge in [-0.1, -0.05) is 12.1 Å². The molecular formula is C13H16FNO5S. The number of methoxy groups -OCH3 is 1. The van der Waals surface area contributed by atoms with Crippen molar-refractivity contribution in [3.05, 3.63) is 35.6 Å². The van der Waals surface area contributed by atoms with Crippen molar-refractivity contribution in [3.8, 4) is 0 Å². The molecule has 1 aliphatic carbocycles. The number of nitrogens with one attached hydrogen (secondary N) is 1. The molecule has 1 fully saturated rings. The number of benzene rings is 1. The molecule has 2 N–H and O–H groups in total. The van der Waals surface area contributed by atoms with E-state index >= 15 is 0 Å². The van der Waals surface area contributed by atoms with E-state index in [1.165, 1.54) is 25.3 Å². The van der Waals surface area contributed by atoms with Gasteiger partial charge in [0, 0.05) is 20.0 Å². The van der Waals surface area contributed by atoms with E-state index in [1.807, 2.05) is 0 Å². The molecule has 0 atom stereocenters. The summed E-state index contributed by atoms with van der Waals surface area (Å²) in [5.74, 6) is -2.25. The summed E-state index contributed by atoms with van der Waals surface area (Å²) in [6.07, 6.45) is -0.138. The van der Waals surface area contributed by atoms with E-state index in [-0.39, 0.29) is 24.5 Å². The van der Waals surface area contributed by atoms with Crippen LogP contribution in [0.4, 0.5) is 4.39 Å². The monoisotopic (exact) mass is 317 g/mol. The third-order valence-corrected chi connectivity index (χ3v) is 4.91. The van der Waals surface area contributed by atoms with Crippen molar-refractivity contribution < 1.29 is 27.4 Å². The Morgan fingerprint density at radius 3 is 2.71 bits per heavy atom. The number of aliphatic carboxylic acids is 1. The maximum atomic E-state index is 13.1. The fourth-order valence-electron chi connectivity index (χ4n) is 2.37. The van der Waals surface area contributed by atoms with Gasteiger partial charge in [0.1, 0.15) is 11.4 Å². The van der Waals surface area contributed by atoms with E-state index in [1.54, 1.807) is 0 Å². The highest BCUT2D eigenvalue weighted by molar-refractivity contribution is 7.88. The maximum Gasteiger partial charge on any atom is 0.325 e.